The van der Waals surface area contributed by atoms with Gasteiger partial charge in [-0.05, 0) is 42.0 Å². The van der Waals surface area contributed by atoms with Crippen LogP contribution in [0.5, 0.6) is 0 Å². The number of aryl methyl sites for hydroxylation is 1. The van der Waals surface area contributed by atoms with Crippen LogP contribution in [0.1, 0.15) is 16.7 Å². The number of anilines is 1. The van der Waals surface area contributed by atoms with Crippen LogP contribution in [0, 0.1) is 0 Å². The second kappa shape index (κ2) is 8.21. The topological polar surface area (TPSA) is 70.5 Å². The predicted octanol–water partition coefficient (Wildman–Crippen LogP) is 4.60. The monoisotopic (exact) mass is 478 g/mol. The number of hydrogen-bond donors (Lipinski definition) is 1. The van der Waals surface area contributed by atoms with Gasteiger partial charge in [-0.2, -0.15) is 0 Å². The number of benzene rings is 3. The van der Waals surface area contributed by atoms with Gasteiger partial charge >= 0.3 is 5.69 Å². The number of aromatic nitrogens is 2. The summed E-state index contributed by atoms with van der Waals surface area (Å²) in [4.78, 5) is 35.0. The van der Waals surface area contributed by atoms with Crippen LogP contribution in [0.4, 0.5) is 5.69 Å². The highest BCUT2D eigenvalue weighted by Gasteiger charge is 2.31. The van der Waals surface area contributed by atoms with Crippen molar-refractivity contribution in [1.82, 2.24) is 9.55 Å². The van der Waals surface area contributed by atoms with Gasteiger partial charge in [0.25, 0.3) is 5.91 Å². The lowest BCUT2D eigenvalue weighted by Gasteiger charge is -2.20. The number of nitrogens with one attached hydrogen (secondary N) is 1. The zero-order chi connectivity index (χ0) is 23.3. The molecule has 0 spiro atoms. The second-order valence-corrected chi connectivity index (χ2v) is 8.91. The Bertz CT molecular complexity index is 1500. The summed E-state index contributed by atoms with van der Waals surface area (Å²) in [5.74, 6) is -0.136. The first-order chi connectivity index (χ1) is 15.8. The minimum absolute atomic E-state index is 0.136. The SMILES string of the molecule is CN1C(=O)C(Cc2ccccc2Cl)N=C(c2ccc3c(c2)[nH]c(=O)n3C)c2cc(Cl)ccc21. The molecule has 3 aromatic carbocycles. The summed E-state index contributed by atoms with van der Waals surface area (Å²) in [6.45, 7) is 0. The maximum absolute atomic E-state index is 13.4. The summed E-state index contributed by atoms with van der Waals surface area (Å²) < 4.78 is 1.55. The van der Waals surface area contributed by atoms with Crippen LogP contribution in [0.15, 0.2) is 70.5 Å². The Morgan fingerprint density at radius 2 is 1.79 bits per heavy atom. The number of H-pyrrole nitrogens is 1. The highest BCUT2D eigenvalue weighted by atomic mass is 35.5. The van der Waals surface area contributed by atoms with Gasteiger partial charge in [0.2, 0.25) is 0 Å². The molecule has 4 aromatic rings. The van der Waals surface area contributed by atoms with Crippen LogP contribution >= 0.6 is 23.2 Å². The molecule has 0 aliphatic carbocycles. The maximum Gasteiger partial charge on any atom is 0.326 e. The third-order valence-corrected chi connectivity index (χ3v) is 6.63. The molecule has 0 fully saturated rings. The van der Waals surface area contributed by atoms with Crippen molar-refractivity contribution in [3.8, 4) is 0 Å². The summed E-state index contributed by atoms with van der Waals surface area (Å²) in [7, 11) is 3.46. The van der Waals surface area contributed by atoms with Crippen molar-refractivity contribution >= 4 is 51.5 Å². The highest BCUT2D eigenvalue weighted by molar-refractivity contribution is 6.32. The van der Waals surface area contributed by atoms with Crippen LogP contribution in [0.25, 0.3) is 11.0 Å². The lowest BCUT2D eigenvalue weighted by atomic mass is 9.99. The highest BCUT2D eigenvalue weighted by Crippen LogP contribution is 2.32. The van der Waals surface area contributed by atoms with E-state index < -0.39 is 6.04 Å². The minimum atomic E-state index is -0.679. The van der Waals surface area contributed by atoms with E-state index >= 15 is 0 Å². The molecule has 33 heavy (non-hydrogen) atoms. The van der Waals surface area contributed by atoms with Gasteiger partial charge in [0, 0.05) is 41.7 Å². The van der Waals surface area contributed by atoms with Crippen LogP contribution in [0.2, 0.25) is 10.0 Å². The number of aromatic amines is 1. The molecule has 0 saturated heterocycles. The molecule has 1 unspecified atom stereocenters. The van der Waals surface area contributed by atoms with Crippen molar-refractivity contribution in [3.63, 3.8) is 0 Å². The molecule has 8 heteroatoms. The first-order valence-electron chi connectivity index (χ1n) is 10.4. The number of imidazole rings is 1. The largest absolute Gasteiger partial charge is 0.326 e. The number of rotatable bonds is 3. The molecule has 1 aromatic heterocycles. The summed E-state index contributed by atoms with van der Waals surface area (Å²) in [5.41, 5.74) is 5.00. The second-order valence-electron chi connectivity index (χ2n) is 8.07. The van der Waals surface area contributed by atoms with Crippen molar-refractivity contribution in [2.24, 2.45) is 12.0 Å². The zero-order valence-electron chi connectivity index (χ0n) is 18.0. The average Bonchev–Trinajstić information content (AvgIpc) is 3.04. The minimum Gasteiger partial charge on any atom is -0.313 e. The number of benzodiazepines with no additional fused rings is 1. The lowest BCUT2D eigenvalue weighted by Crippen LogP contribution is -2.36. The Hall–Kier alpha value is -3.35. The molecular formula is C25H20Cl2N4O2. The van der Waals surface area contributed by atoms with E-state index in [1.54, 1.807) is 35.7 Å². The molecule has 0 radical (unpaired) electrons. The maximum atomic E-state index is 13.4. The van der Waals surface area contributed by atoms with Gasteiger partial charge in [0.15, 0.2) is 0 Å². The van der Waals surface area contributed by atoms with Crippen LogP contribution < -0.4 is 10.6 Å². The fraction of sp³-hybridized carbons (Fsp3) is 0.160. The Kier molecular flexibility index (Phi) is 5.35. The fourth-order valence-electron chi connectivity index (χ4n) is 4.23. The predicted molar refractivity (Wildman–Crippen MR) is 133 cm³/mol. The van der Waals surface area contributed by atoms with E-state index in [1.807, 2.05) is 48.5 Å². The van der Waals surface area contributed by atoms with Gasteiger partial charge in [0.05, 0.1) is 22.4 Å². The third-order valence-electron chi connectivity index (χ3n) is 6.02. The molecule has 2 heterocycles. The van der Waals surface area contributed by atoms with Gasteiger partial charge in [-0.15, -0.1) is 0 Å². The summed E-state index contributed by atoms with van der Waals surface area (Å²) in [6, 6.07) is 17.8. The molecule has 1 amide bonds. The Morgan fingerprint density at radius 1 is 1.00 bits per heavy atom. The number of hydrogen-bond acceptors (Lipinski definition) is 3. The molecule has 1 aliphatic rings. The Morgan fingerprint density at radius 3 is 2.58 bits per heavy atom. The summed E-state index contributed by atoms with van der Waals surface area (Å²) in [5, 5.41) is 1.14. The Labute approximate surface area is 200 Å². The first kappa shape index (κ1) is 21.5. The molecule has 0 saturated carbocycles. The van der Waals surface area contributed by atoms with Crippen molar-refractivity contribution in [1.29, 1.82) is 0 Å². The van der Waals surface area contributed by atoms with E-state index in [9.17, 15) is 9.59 Å². The van der Waals surface area contributed by atoms with Gasteiger partial charge in [-0.25, -0.2) is 4.79 Å². The Balaban J connectivity index is 1.71. The molecule has 5 rings (SSSR count). The molecule has 1 atom stereocenters. The third kappa shape index (κ3) is 3.75. The van der Waals surface area contributed by atoms with E-state index in [4.69, 9.17) is 28.2 Å². The van der Waals surface area contributed by atoms with E-state index in [0.717, 1.165) is 22.2 Å². The van der Waals surface area contributed by atoms with E-state index in [-0.39, 0.29) is 11.6 Å². The summed E-state index contributed by atoms with van der Waals surface area (Å²) in [6.07, 6.45) is 0.360. The molecule has 0 bridgehead atoms. The van der Waals surface area contributed by atoms with Gasteiger partial charge in [0.1, 0.15) is 6.04 Å². The number of carbonyl (C=O) groups is 1. The standard InChI is InChI=1S/C25H20Cl2N4O2/c1-30-21-10-8-16(26)13-17(21)23(15-7-9-22-19(12-15)29-25(33)31(22)2)28-20(24(30)32)11-14-5-3-4-6-18(14)27/h3-10,12-13,20H,11H2,1-2H3,(H,29,33). The normalized spacial score (nSPS) is 16.0. The molecule has 1 aliphatic heterocycles. The van der Waals surface area contributed by atoms with Gasteiger partial charge in [-0.1, -0.05) is 47.5 Å². The van der Waals surface area contributed by atoms with Crippen molar-refractivity contribution in [3.05, 3.63) is 97.9 Å². The van der Waals surface area contributed by atoms with Crippen LogP contribution in [-0.4, -0.2) is 34.3 Å². The van der Waals surface area contributed by atoms with Crippen LogP contribution in [0.3, 0.4) is 0 Å². The van der Waals surface area contributed by atoms with E-state index in [0.29, 0.717) is 33.4 Å². The number of nitrogens with zero attached hydrogens (tertiary/aromatic N) is 3. The van der Waals surface area contributed by atoms with Gasteiger partial charge < -0.3 is 9.88 Å². The fourth-order valence-corrected chi connectivity index (χ4v) is 4.62. The van der Waals surface area contributed by atoms with Gasteiger partial charge in [-0.3, -0.25) is 14.4 Å². The molecule has 1 N–H and O–H groups in total. The molecule has 6 nitrogen and oxygen atoms in total. The average molecular weight is 479 g/mol. The number of halogens is 2. The number of carbonyl (C=O) groups excluding carboxylic acids is 1. The number of fused-ring (bicyclic) bond motifs is 2. The van der Waals surface area contributed by atoms with E-state index in [2.05, 4.69) is 4.98 Å². The smallest absolute Gasteiger partial charge is 0.313 e. The zero-order valence-corrected chi connectivity index (χ0v) is 19.5. The number of likely N-dealkylation sites (N-methyl/N-ethyl adjacent to an activating group) is 1. The summed E-state index contributed by atoms with van der Waals surface area (Å²) >= 11 is 12.7. The molecular weight excluding hydrogens is 459 g/mol. The van der Waals surface area contributed by atoms with Crippen LogP contribution in [-0.2, 0) is 18.3 Å². The number of amides is 1. The van der Waals surface area contributed by atoms with Crippen molar-refractivity contribution in [2.45, 2.75) is 12.5 Å². The lowest BCUT2D eigenvalue weighted by molar-refractivity contribution is -0.119. The quantitative estimate of drug-likeness (QED) is 0.467. The van der Waals surface area contributed by atoms with E-state index in [1.165, 1.54) is 0 Å². The number of aliphatic imine (C=N–C) groups is 1. The van der Waals surface area contributed by atoms with Crippen molar-refractivity contribution in [2.75, 3.05) is 11.9 Å². The molecule has 166 valence electrons. The van der Waals surface area contributed by atoms with Crippen molar-refractivity contribution < 1.29 is 4.79 Å². The first-order valence-corrected chi connectivity index (χ1v) is 11.2.